The molecule has 0 fully saturated rings. The predicted molar refractivity (Wildman–Crippen MR) is 87.0 cm³/mol. The topological polar surface area (TPSA) is 78.1 Å². The summed E-state index contributed by atoms with van der Waals surface area (Å²) >= 11 is 4.70. The molecule has 112 valence electrons. The van der Waals surface area contributed by atoms with E-state index in [1.165, 1.54) is 28.7 Å². The van der Waals surface area contributed by atoms with Crippen molar-refractivity contribution in [2.45, 2.75) is 20.9 Å². The van der Waals surface area contributed by atoms with Crippen LogP contribution in [-0.4, -0.2) is 29.0 Å². The molecule has 8 heteroatoms. The molecule has 2 aromatic rings. The molecule has 2 N–H and O–H groups in total. The molecule has 0 aliphatic heterocycles. The van der Waals surface area contributed by atoms with Crippen molar-refractivity contribution >= 4 is 40.8 Å². The smallest absolute Gasteiger partial charge is 0.218 e. The molecule has 0 radical (unpaired) electrons. The molecule has 1 heterocycles. The second-order valence-electron chi connectivity index (χ2n) is 4.04. The van der Waals surface area contributed by atoms with Crippen molar-refractivity contribution in [2.24, 2.45) is 5.73 Å². The minimum Gasteiger partial charge on any atom is -0.497 e. The molecule has 21 heavy (non-hydrogen) atoms. The Morgan fingerprint density at radius 1 is 1.24 bits per heavy atom. The Morgan fingerprint density at radius 2 is 1.90 bits per heavy atom. The molecule has 2 rings (SSSR count). The third-order valence-corrected chi connectivity index (χ3v) is 5.75. The number of hydrogen-bond donors (Lipinski definition) is 1. The molecule has 0 atom stereocenters. The van der Waals surface area contributed by atoms with Gasteiger partial charge in [-0.25, -0.2) is 0 Å². The first-order valence-electron chi connectivity index (χ1n) is 6.17. The van der Waals surface area contributed by atoms with Crippen molar-refractivity contribution in [2.75, 3.05) is 12.9 Å². The summed E-state index contributed by atoms with van der Waals surface area (Å²) in [6.07, 6.45) is 0.360. The van der Waals surface area contributed by atoms with Crippen molar-refractivity contribution in [3.63, 3.8) is 0 Å². The Hall–Kier alpha value is -1.25. The Bertz CT molecular complexity index is 587. The molecule has 1 amide bonds. The Morgan fingerprint density at radius 3 is 2.52 bits per heavy atom. The van der Waals surface area contributed by atoms with Crippen LogP contribution in [0.1, 0.15) is 12.0 Å². The number of hydrogen-bond acceptors (Lipinski definition) is 7. The normalized spacial score (nSPS) is 10.5. The summed E-state index contributed by atoms with van der Waals surface area (Å²) in [4.78, 5) is 10.7. The van der Waals surface area contributed by atoms with Crippen LogP contribution in [0.2, 0.25) is 0 Å². The lowest BCUT2D eigenvalue weighted by Gasteiger charge is -2.01. The first kappa shape index (κ1) is 16.1. The van der Waals surface area contributed by atoms with E-state index >= 15 is 0 Å². The molecule has 1 aromatic heterocycles. The summed E-state index contributed by atoms with van der Waals surface area (Å²) in [6, 6.07) is 7.97. The lowest BCUT2D eigenvalue weighted by Crippen LogP contribution is -2.10. The van der Waals surface area contributed by atoms with E-state index in [0.29, 0.717) is 12.2 Å². The molecular weight excluding hydrogens is 326 g/mol. The molecule has 0 saturated carbocycles. The Kier molecular flexibility index (Phi) is 6.34. The third kappa shape index (κ3) is 5.56. The zero-order valence-electron chi connectivity index (χ0n) is 11.4. The summed E-state index contributed by atoms with van der Waals surface area (Å²) in [5.74, 6) is 2.05. The number of methoxy groups -OCH3 is 1. The maximum absolute atomic E-state index is 10.7. The molecule has 1 aromatic carbocycles. The molecular formula is C13H15N3O2S3. The van der Waals surface area contributed by atoms with Gasteiger partial charge in [0, 0.05) is 17.9 Å². The number of nitrogens with two attached hydrogens (primary N) is 1. The van der Waals surface area contributed by atoms with Gasteiger partial charge in [0.15, 0.2) is 8.68 Å². The van der Waals surface area contributed by atoms with Crippen LogP contribution < -0.4 is 10.5 Å². The molecule has 0 unspecified atom stereocenters. The number of carbonyl (C=O) groups is 1. The monoisotopic (exact) mass is 341 g/mol. The fraction of sp³-hybridized carbons (Fsp3) is 0.308. The first-order valence-corrected chi connectivity index (χ1v) is 8.96. The highest BCUT2D eigenvalue weighted by Crippen LogP contribution is 2.31. The van der Waals surface area contributed by atoms with Gasteiger partial charge in [-0.15, -0.1) is 10.2 Å². The van der Waals surface area contributed by atoms with E-state index < -0.39 is 0 Å². The van der Waals surface area contributed by atoms with E-state index in [0.717, 1.165) is 20.2 Å². The van der Waals surface area contributed by atoms with Crippen LogP contribution in [0.25, 0.3) is 0 Å². The van der Waals surface area contributed by atoms with Gasteiger partial charge in [-0.05, 0) is 17.7 Å². The summed E-state index contributed by atoms with van der Waals surface area (Å²) in [6.45, 7) is 0. The van der Waals surface area contributed by atoms with Crippen molar-refractivity contribution in [3.8, 4) is 5.75 Å². The highest BCUT2D eigenvalue weighted by atomic mass is 32.2. The zero-order chi connectivity index (χ0) is 15.1. The van der Waals surface area contributed by atoms with E-state index in [9.17, 15) is 4.79 Å². The van der Waals surface area contributed by atoms with Gasteiger partial charge in [0.2, 0.25) is 5.91 Å². The molecule has 0 aliphatic rings. The average molecular weight is 341 g/mol. The second kappa shape index (κ2) is 8.26. The molecule has 0 spiro atoms. The van der Waals surface area contributed by atoms with E-state index in [1.807, 2.05) is 24.3 Å². The van der Waals surface area contributed by atoms with Crippen molar-refractivity contribution in [1.82, 2.24) is 10.2 Å². The number of amides is 1. The van der Waals surface area contributed by atoms with Gasteiger partial charge >= 0.3 is 0 Å². The Balaban J connectivity index is 1.80. The number of benzene rings is 1. The number of nitrogens with zero attached hydrogens (tertiary/aromatic N) is 2. The van der Waals surface area contributed by atoms with Gasteiger partial charge in [-0.1, -0.05) is 47.0 Å². The summed E-state index contributed by atoms with van der Waals surface area (Å²) < 4.78 is 6.92. The van der Waals surface area contributed by atoms with E-state index in [4.69, 9.17) is 10.5 Å². The number of rotatable bonds is 8. The Labute approximate surface area is 135 Å². The summed E-state index contributed by atoms with van der Waals surface area (Å²) in [5, 5.41) is 8.22. The van der Waals surface area contributed by atoms with Gasteiger partial charge in [-0.3, -0.25) is 4.79 Å². The molecule has 0 saturated heterocycles. The quantitative estimate of drug-likeness (QED) is 0.744. The number of carbonyl (C=O) groups excluding carboxylic acids is 1. The number of primary amides is 1. The van der Waals surface area contributed by atoms with Crippen molar-refractivity contribution in [3.05, 3.63) is 29.8 Å². The summed E-state index contributed by atoms with van der Waals surface area (Å²) in [5.41, 5.74) is 6.30. The van der Waals surface area contributed by atoms with Crippen molar-refractivity contribution in [1.29, 1.82) is 0 Å². The fourth-order valence-electron chi connectivity index (χ4n) is 1.42. The molecule has 0 aliphatic carbocycles. The minimum absolute atomic E-state index is 0.291. The van der Waals surface area contributed by atoms with Gasteiger partial charge in [0.25, 0.3) is 0 Å². The van der Waals surface area contributed by atoms with Crippen LogP contribution >= 0.6 is 34.9 Å². The van der Waals surface area contributed by atoms with Crippen molar-refractivity contribution < 1.29 is 9.53 Å². The SMILES string of the molecule is COc1ccc(CSc2nnc(SCCC(N)=O)s2)cc1. The van der Waals surface area contributed by atoms with Crippen LogP contribution in [0.15, 0.2) is 32.9 Å². The highest BCUT2D eigenvalue weighted by molar-refractivity contribution is 8.02. The maximum atomic E-state index is 10.7. The van der Waals surface area contributed by atoms with Gasteiger partial charge in [0.1, 0.15) is 5.75 Å². The standard InChI is InChI=1S/C13H15N3O2S3/c1-18-10-4-2-9(3-5-10)8-20-13-16-15-12(21-13)19-7-6-11(14)17/h2-5H,6-8H2,1H3,(H2,14,17). The maximum Gasteiger partial charge on any atom is 0.218 e. The van der Waals surface area contributed by atoms with Crippen LogP contribution in [0, 0.1) is 0 Å². The number of ether oxygens (including phenoxy) is 1. The van der Waals surface area contributed by atoms with Gasteiger partial charge in [0.05, 0.1) is 7.11 Å². The average Bonchev–Trinajstić information content (AvgIpc) is 2.93. The lowest BCUT2D eigenvalue weighted by molar-refractivity contribution is -0.117. The highest BCUT2D eigenvalue weighted by Gasteiger charge is 2.06. The summed E-state index contributed by atoms with van der Waals surface area (Å²) in [7, 11) is 1.66. The third-order valence-electron chi connectivity index (χ3n) is 2.48. The van der Waals surface area contributed by atoms with Gasteiger partial charge < -0.3 is 10.5 Å². The largest absolute Gasteiger partial charge is 0.497 e. The zero-order valence-corrected chi connectivity index (χ0v) is 13.9. The fourth-order valence-corrected chi connectivity index (χ4v) is 4.42. The van der Waals surface area contributed by atoms with E-state index in [1.54, 1.807) is 18.9 Å². The van der Waals surface area contributed by atoms with Gasteiger partial charge in [-0.2, -0.15) is 0 Å². The lowest BCUT2D eigenvalue weighted by atomic mass is 10.2. The predicted octanol–water partition coefficient (Wildman–Crippen LogP) is 2.81. The number of thioether (sulfide) groups is 2. The van der Waals surface area contributed by atoms with E-state index in [2.05, 4.69) is 10.2 Å². The first-order chi connectivity index (χ1) is 10.2. The van der Waals surface area contributed by atoms with Crippen LogP contribution in [0.5, 0.6) is 5.75 Å². The molecule has 0 bridgehead atoms. The van der Waals surface area contributed by atoms with E-state index in [-0.39, 0.29) is 5.91 Å². The minimum atomic E-state index is -0.291. The molecule has 5 nitrogen and oxygen atoms in total. The number of aromatic nitrogens is 2. The van der Waals surface area contributed by atoms with Crippen LogP contribution in [0.4, 0.5) is 0 Å². The second-order valence-corrected chi connectivity index (χ2v) is 7.58. The van der Waals surface area contributed by atoms with Crippen LogP contribution in [-0.2, 0) is 10.5 Å². The van der Waals surface area contributed by atoms with Crippen LogP contribution in [0.3, 0.4) is 0 Å².